The van der Waals surface area contributed by atoms with Crippen LogP contribution in [0.15, 0.2) is 0 Å². The number of aliphatic hydroxyl groups is 1. The summed E-state index contributed by atoms with van der Waals surface area (Å²) in [6.45, 7) is 5.54. The van der Waals surface area contributed by atoms with Crippen LogP contribution in [0.2, 0.25) is 0 Å². The van der Waals surface area contributed by atoms with Crippen molar-refractivity contribution in [1.29, 1.82) is 0 Å². The quantitative estimate of drug-likeness (QED) is 0.712. The van der Waals surface area contributed by atoms with Crippen LogP contribution in [-0.2, 0) is 0 Å². The molecule has 2 atom stereocenters. The van der Waals surface area contributed by atoms with Crippen LogP contribution in [0.1, 0.15) is 20.3 Å². The Morgan fingerprint density at radius 2 is 2.08 bits per heavy atom. The Kier molecular flexibility index (Phi) is 7.10. The summed E-state index contributed by atoms with van der Waals surface area (Å²) in [6.07, 6.45) is 1.19. The summed E-state index contributed by atoms with van der Waals surface area (Å²) < 4.78 is 0. The van der Waals surface area contributed by atoms with Gasteiger partial charge >= 0.3 is 0 Å². The maximum absolute atomic E-state index is 8.91. The Morgan fingerprint density at radius 3 is 2.42 bits per heavy atom. The van der Waals surface area contributed by atoms with Gasteiger partial charge in [-0.05, 0) is 19.9 Å². The molecule has 0 aliphatic rings. The highest BCUT2D eigenvalue weighted by molar-refractivity contribution is 9.09. The Labute approximate surface area is 84.1 Å². The third-order valence-electron chi connectivity index (χ3n) is 2.36. The van der Waals surface area contributed by atoms with Crippen LogP contribution in [-0.4, -0.2) is 41.6 Å². The van der Waals surface area contributed by atoms with Crippen molar-refractivity contribution in [2.45, 2.75) is 26.3 Å². The van der Waals surface area contributed by atoms with Crippen LogP contribution >= 0.6 is 15.9 Å². The molecule has 0 aromatic rings. The number of nitrogens with zero attached hydrogens (tertiary/aromatic N) is 1. The summed E-state index contributed by atoms with van der Waals surface area (Å²) in [5.41, 5.74) is 0. The molecular weight excluding hydrogens is 218 g/mol. The standard InChI is InChI=1S/C9H20BrNO/c1-4-9(5-10)6-11(3)8(2)7-12/h8-9,12H,4-7H2,1-3H3. The monoisotopic (exact) mass is 237 g/mol. The first-order valence-corrected chi connectivity index (χ1v) is 5.64. The molecule has 0 spiro atoms. The van der Waals surface area contributed by atoms with E-state index in [0.717, 1.165) is 11.9 Å². The van der Waals surface area contributed by atoms with Crippen LogP contribution in [0.5, 0.6) is 0 Å². The van der Waals surface area contributed by atoms with Gasteiger partial charge in [-0.25, -0.2) is 0 Å². The van der Waals surface area contributed by atoms with E-state index in [1.807, 2.05) is 6.92 Å². The van der Waals surface area contributed by atoms with Gasteiger partial charge in [-0.1, -0.05) is 29.3 Å². The van der Waals surface area contributed by atoms with Crippen molar-refractivity contribution in [3.8, 4) is 0 Å². The van der Waals surface area contributed by atoms with Crippen molar-refractivity contribution < 1.29 is 5.11 Å². The topological polar surface area (TPSA) is 23.5 Å². The van der Waals surface area contributed by atoms with Gasteiger partial charge in [0.05, 0.1) is 6.61 Å². The Bertz CT molecular complexity index is 107. The average Bonchev–Trinajstić information content (AvgIpc) is 2.12. The largest absolute Gasteiger partial charge is 0.395 e. The van der Waals surface area contributed by atoms with E-state index < -0.39 is 0 Å². The van der Waals surface area contributed by atoms with E-state index in [1.165, 1.54) is 6.42 Å². The number of rotatable bonds is 6. The lowest BCUT2D eigenvalue weighted by molar-refractivity contribution is 0.145. The summed E-state index contributed by atoms with van der Waals surface area (Å²) in [5.74, 6) is 0.698. The van der Waals surface area contributed by atoms with E-state index in [-0.39, 0.29) is 12.6 Å². The molecule has 3 heteroatoms. The van der Waals surface area contributed by atoms with Crippen molar-refractivity contribution in [1.82, 2.24) is 4.90 Å². The molecular formula is C9H20BrNO. The number of aliphatic hydroxyl groups excluding tert-OH is 1. The van der Waals surface area contributed by atoms with Gasteiger partial charge in [0.15, 0.2) is 0 Å². The maximum atomic E-state index is 8.91. The Balaban J connectivity index is 3.72. The molecule has 0 saturated heterocycles. The minimum atomic E-state index is 0.245. The minimum Gasteiger partial charge on any atom is -0.395 e. The molecule has 0 aliphatic heterocycles. The smallest absolute Gasteiger partial charge is 0.0584 e. The molecule has 0 radical (unpaired) electrons. The lowest BCUT2D eigenvalue weighted by atomic mass is 10.1. The average molecular weight is 238 g/mol. The number of hydrogen-bond acceptors (Lipinski definition) is 2. The number of halogens is 1. The minimum absolute atomic E-state index is 0.245. The summed E-state index contributed by atoms with van der Waals surface area (Å²) >= 11 is 3.49. The summed E-state index contributed by atoms with van der Waals surface area (Å²) in [6, 6.07) is 0.276. The fourth-order valence-electron chi connectivity index (χ4n) is 1.01. The van der Waals surface area contributed by atoms with Crippen LogP contribution in [0.25, 0.3) is 0 Å². The summed E-state index contributed by atoms with van der Waals surface area (Å²) in [4.78, 5) is 2.20. The van der Waals surface area contributed by atoms with E-state index in [9.17, 15) is 0 Å². The van der Waals surface area contributed by atoms with Crippen molar-refractivity contribution in [3.63, 3.8) is 0 Å². The fraction of sp³-hybridized carbons (Fsp3) is 1.00. The van der Waals surface area contributed by atoms with Crippen LogP contribution in [0, 0.1) is 5.92 Å². The molecule has 0 saturated carbocycles. The fourth-order valence-corrected chi connectivity index (χ4v) is 1.68. The molecule has 0 rings (SSSR count). The lowest BCUT2D eigenvalue weighted by Gasteiger charge is -2.26. The van der Waals surface area contributed by atoms with Crippen LogP contribution in [0.4, 0.5) is 0 Å². The van der Waals surface area contributed by atoms with Gasteiger partial charge in [0.2, 0.25) is 0 Å². The SMILES string of the molecule is CCC(CBr)CN(C)C(C)CO. The van der Waals surface area contributed by atoms with Crippen molar-refractivity contribution >= 4 is 15.9 Å². The number of hydrogen-bond donors (Lipinski definition) is 1. The number of likely N-dealkylation sites (N-methyl/N-ethyl adjacent to an activating group) is 1. The molecule has 0 aromatic heterocycles. The molecule has 74 valence electrons. The second-order valence-corrected chi connectivity index (χ2v) is 4.05. The molecule has 2 nitrogen and oxygen atoms in total. The van der Waals surface area contributed by atoms with Gasteiger partial charge in [0.1, 0.15) is 0 Å². The van der Waals surface area contributed by atoms with E-state index in [1.54, 1.807) is 0 Å². The Hall–Kier alpha value is 0.400. The zero-order chi connectivity index (χ0) is 9.56. The molecule has 2 unspecified atom stereocenters. The molecule has 0 aliphatic carbocycles. The molecule has 0 amide bonds. The maximum Gasteiger partial charge on any atom is 0.0584 e. The summed E-state index contributed by atoms with van der Waals surface area (Å²) in [7, 11) is 2.06. The third kappa shape index (κ3) is 4.43. The van der Waals surface area contributed by atoms with Gasteiger partial charge in [-0.15, -0.1) is 0 Å². The van der Waals surface area contributed by atoms with E-state index in [0.29, 0.717) is 5.92 Å². The first kappa shape index (κ1) is 12.4. The highest BCUT2D eigenvalue weighted by Crippen LogP contribution is 2.09. The normalized spacial score (nSPS) is 16.5. The molecule has 0 aromatic carbocycles. The van der Waals surface area contributed by atoms with Crippen LogP contribution in [0.3, 0.4) is 0 Å². The number of alkyl halides is 1. The van der Waals surface area contributed by atoms with Crippen molar-refractivity contribution in [3.05, 3.63) is 0 Å². The van der Waals surface area contributed by atoms with Crippen LogP contribution < -0.4 is 0 Å². The highest BCUT2D eigenvalue weighted by Gasteiger charge is 2.12. The lowest BCUT2D eigenvalue weighted by Crippen LogP contribution is -2.36. The predicted octanol–water partition coefficient (Wildman–Crippen LogP) is 1.72. The molecule has 0 fully saturated rings. The van der Waals surface area contributed by atoms with Gasteiger partial charge in [0, 0.05) is 17.9 Å². The first-order valence-electron chi connectivity index (χ1n) is 4.52. The molecule has 0 bridgehead atoms. The second-order valence-electron chi connectivity index (χ2n) is 3.40. The van der Waals surface area contributed by atoms with E-state index in [4.69, 9.17) is 5.11 Å². The molecule has 0 heterocycles. The van der Waals surface area contributed by atoms with Crippen molar-refractivity contribution in [2.24, 2.45) is 5.92 Å². The third-order valence-corrected chi connectivity index (χ3v) is 3.27. The van der Waals surface area contributed by atoms with Gasteiger partial charge in [0.25, 0.3) is 0 Å². The van der Waals surface area contributed by atoms with Gasteiger partial charge in [-0.2, -0.15) is 0 Å². The zero-order valence-corrected chi connectivity index (χ0v) is 9.84. The molecule has 1 N–H and O–H groups in total. The van der Waals surface area contributed by atoms with E-state index >= 15 is 0 Å². The zero-order valence-electron chi connectivity index (χ0n) is 8.26. The second kappa shape index (κ2) is 6.87. The van der Waals surface area contributed by atoms with Crippen molar-refractivity contribution in [2.75, 3.05) is 25.5 Å². The molecule has 12 heavy (non-hydrogen) atoms. The van der Waals surface area contributed by atoms with E-state index in [2.05, 4.69) is 34.8 Å². The first-order chi connectivity index (χ1) is 5.65. The highest BCUT2D eigenvalue weighted by atomic mass is 79.9. The summed E-state index contributed by atoms with van der Waals surface area (Å²) in [5, 5.41) is 9.96. The predicted molar refractivity (Wildman–Crippen MR) is 56.8 cm³/mol. The Morgan fingerprint density at radius 1 is 1.50 bits per heavy atom. The van der Waals surface area contributed by atoms with Gasteiger partial charge < -0.3 is 10.0 Å². The van der Waals surface area contributed by atoms with Gasteiger partial charge in [-0.3, -0.25) is 0 Å².